The van der Waals surface area contributed by atoms with Gasteiger partial charge >= 0.3 is 18.0 Å². The summed E-state index contributed by atoms with van der Waals surface area (Å²) in [6.07, 6.45) is 3.58. The lowest BCUT2D eigenvalue weighted by Crippen LogP contribution is -2.55. The number of benzene rings is 1. The fourth-order valence-electron chi connectivity index (χ4n) is 4.52. The summed E-state index contributed by atoms with van der Waals surface area (Å²) in [5.41, 5.74) is -0.650. The second kappa shape index (κ2) is 12.5. The molecule has 2 aromatic rings. The Labute approximate surface area is 224 Å². The molecule has 0 spiro atoms. The van der Waals surface area contributed by atoms with E-state index in [9.17, 15) is 29.1 Å². The van der Waals surface area contributed by atoms with Crippen LogP contribution in [-0.4, -0.2) is 57.9 Å². The van der Waals surface area contributed by atoms with Crippen molar-refractivity contribution in [1.82, 2.24) is 10.2 Å². The highest BCUT2D eigenvalue weighted by Gasteiger charge is 2.48. The van der Waals surface area contributed by atoms with Gasteiger partial charge in [-0.25, -0.2) is 9.59 Å². The molecule has 3 rings (SSSR count). The van der Waals surface area contributed by atoms with Crippen LogP contribution in [0.15, 0.2) is 48.8 Å². The summed E-state index contributed by atoms with van der Waals surface area (Å²) in [5, 5.41) is 20.7. The third-order valence-electron chi connectivity index (χ3n) is 6.53. The van der Waals surface area contributed by atoms with Crippen LogP contribution in [0.4, 0.5) is 4.79 Å². The topological polar surface area (TPSA) is 154 Å². The second-order valence-electron chi connectivity index (χ2n) is 8.97. The summed E-state index contributed by atoms with van der Waals surface area (Å²) in [6.45, 7) is -0.293. The van der Waals surface area contributed by atoms with E-state index in [1.807, 2.05) is 0 Å². The van der Waals surface area contributed by atoms with Gasteiger partial charge in [0.25, 0.3) is 12.6 Å². The molecule has 2 amide bonds. The van der Waals surface area contributed by atoms with E-state index in [1.165, 1.54) is 34.8 Å². The number of nitrogens with one attached hydrogen (secondary N) is 1. The van der Waals surface area contributed by atoms with Gasteiger partial charge in [0.2, 0.25) is 0 Å². The largest absolute Gasteiger partial charge is 0.481 e. The molecular formula is C26H29ClN3O8+. The zero-order valence-electron chi connectivity index (χ0n) is 20.8. The van der Waals surface area contributed by atoms with Gasteiger partial charge in [-0.3, -0.25) is 19.3 Å². The third-order valence-corrected chi connectivity index (χ3v) is 6.86. The van der Waals surface area contributed by atoms with Crippen molar-refractivity contribution in [3.05, 3.63) is 64.9 Å². The van der Waals surface area contributed by atoms with Gasteiger partial charge in [0.15, 0.2) is 18.2 Å². The number of carbonyl (C=O) groups excluding carboxylic acids is 3. The summed E-state index contributed by atoms with van der Waals surface area (Å²) in [4.78, 5) is 62.3. The Balaban J connectivity index is 1.72. The van der Waals surface area contributed by atoms with E-state index < -0.39 is 41.9 Å². The van der Waals surface area contributed by atoms with E-state index in [2.05, 4.69) is 5.32 Å². The number of carboxylic acid groups (broad SMARTS) is 2. The Morgan fingerprint density at radius 2 is 1.89 bits per heavy atom. The number of rotatable bonds is 10. The van der Waals surface area contributed by atoms with Crippen LogP contribution in [0.3, 0.4) is 0 Å². The number of pyridine rings is 1. The number of likely N-dealkylation sites (N-methyl/N-ethyl adjacent to an activating group) is 1. The molecule has 1 aliphatic carbocycles. The van der Waals surface area contributed by atoms with Gasteiger partial charge < -0.3 is 20.3 Å². The van der Waals surface area contributed by atoms with E-state index in [-0.39, 0.29) is 24.5 Å². The number of halogens is 1. The normalized spacial score (nSPS) is 17.8. The van der Waals surface area contributed by atoms with Crippen molar-refractivity contribution in [2.24, 2.45) is 0 Å². The fourth-order valence-corrected chi connectivity index (χ4v) is 4.81. The number of amides is 2. The van der Waals surface area contributed by atoms with Crippen LogP contribution in [0.2, 0.25) is 5.02 Å². The number of carboxylic acids is 2. The van der Waals surface area contributed by atoms with E-state index >= 15 is 0 Å². The smallest absolute Gasteiger partial charge is 0.415 e. The lowest BCUT2D eigenvalue weighted by Gasteiger charge is -2.43. The third kappa shape index (κ3) is 6.46. The molecule has 1 heterocycles. The number of ether oxygens (including phenoxy) is 1. The SMILES string of the molecule is CN(C(=O)OC[n+]1cccc(C(=O)N[C@@H](CCC(=O)O)C(=O)O)c1)C1(c2ccccc2Cl)CCCCC1=O. The summed E-state index contributed by atoms with van der Waals surface area (Å²) in [7, 11) is 1.49. The number of Topliss-reactive ketones (excluding diaryl/α,β-unsaturated/α-hetero) is 1. The average molecular weight is 547 g/mol. The van der Waals surface area contributed by atoms with Crippen molar-refractivity contribution >= 4 is 41.3 Å². The molecule has 0 aliphatic heterocycles. The molecule has 12 heteroatoms. The summed E-state index contributed by atoms with van der Waals surface area (Å²) < 4.78 is 6.86. The molecule has 0 radical (unpaired) electrons. The van der Waals surface area contributed by atoms with Crippen LogP contribution in [0.1, 0.15) is 54.4 Å². The first-order valence-corrected chi connectivity index (χ1v) is 12.4. The predicted molar refractivity (Wildman–Crippen MR) is 133 cm³/mol. The number of nitrogens with zero attached hydrogens (tertiary/aromatic N) is 2. The molecule has 202 valence electrons. The minimum Gasteiger partial charge on any atom is -0.481 e. The van der Waals surface area contributed by atoms with Crippen molar-refractivity contribution in [3.63, 3.8) is 0 Å². The van der Waals surface area contributed by atoms with Crippen LogP contribution in [0, 0.1) is 0 Å². The van der Waals surface area contributed by atoms with Crippen molar-refractivity contribution in [2.45, 2.75) is 56.8 Å². The number of ketones is 1. The lowest BCUT2D eigenvalue weighted by molar-refractivity contribution is -0.727. The highest BCUT2D eigenvalue weighted by atomic mass is 35.5. The molecule has 2 atom stereocenters. The quantitative estimate of drug-likeness (QED) is 0.384. The number of carbonyl (C=O) groups is 5. The van der Waals surface area contributed by atoms with Gasteiger partial charge in [-0.2, -0.15) is 4.57 Å². The van der Waals surface area contributed by atoms with E-state index in [1.54, 1.807) is 30.5 Å². The van der Waals surface area contributed by atoms with Gasteiger partial charge in [-0.1, -0.05) is 29.8 Å². The van der Waals surface area contributed by atoms with E-state index in [0.29, 0.717) is 23.4 Å². The zero-order valence-corrected chi connectivity index (χ0v) is 21.5. The number of hydrogen-bond acceptors (Lipinski definition) is 6. The van der Waals surface area contributed by atoms with Crippen LogP contribution in [0.25, 0.3) is 0 Å². The predicted octanol–water partition coefficient (Wildman–Crippen LogP) is 2.74. The molecule has 0 saturated heterocycles. The Hall–Kier alpha value is -3.99. The second-order valence-corrected chi connectivity index (χ2v) is 9.38. The van der Waals surface area contributed by atoms with Crippen molar-refractivity contribution in [2.75, 3.05) is 7.05 Å². The molecule has 1 fully saturated rings. The van der Waals surface area contributed by atoms with Crippen molar-refractivity contribution in [1.29, 1.82) is 0 Å². The molecule has 1 aliphatic rings. The number of hydrogen-bond donors (Lipinski definition) is 3. The summed E-state index contributed by atoms with van der Waals surface area (Å²) >= 11 is 6.43. The zero-order chi connectivity index (χ0) is 27.9. The summed E-state index contributed by atoms with van der Waals surface area (Å²) in [6, 6.07) is 8.46. The van der Waals surface area contributed by atoms with Crippen LogP contribution >= 0.6 is 11.6 Å². The molecular weight excluding hydrogens is 518 g/mol. The Bertz CT molecular complexity index is 1240. The minimum absolute atomic E-state index is 0.0773. The first-order valence-electron chi connectivity index (χ1n) is 12.0. The molecule has 0 bridgehead atoms. The standard InChI is InChI=1S/C26H28ClN3O8/c1-29(26(13-5-4-10-21(26)31)18-8-2-3-9-19(18)27)25(37)38-16-30-14-6-7-17(15-30)23(34)28-20(24(35)36)11-12-22(32)33/h2-3,6-9,14-15,20H,4-5,10-13,16H2,1H3,(H2-,28,32,33,34,35,36)/p+1/t20-,26?/m0/s1. The average Bonchev–Trinajstić information content (AvgIpc) is 2.89. The highest BCUT2D eigenvalue weighted by molar-refractivity contribution is 6.31. The monoisotopic (exact) mass is 546 g/mol. The van der Waals surface area contributed by atoms with E-state index in [0.717, 1.165) is 12.8 Å². The fraction of sp³-hybridized carbons (Fsp3) is 0.385. The first-order chi connectivity index (χ1) is 18.1. The van der Waals surface area contributed by atoms with Crippen molar-refractivity contribution < 1.29 is 43.5 Å². The Kier molecular flexibility index (Phi) is 9.40. The molecule has 1 unspecified atom stereocenters. The molecule has 11 nitrogen and oxygen atoms in total. The molecule has 1 saturated carbocycles. The van der Waals surface area contributed by atoms with Gasteiger partial charge in [0.05, 0.1) is 0 Å². The first kappa shape index (κ1) is 28.6. The summed E-state index contributed by atoms with van der Waals surface area (Å²) in [5.74, 6) is -3.39. The van der Waals surface area contributed by atoms with Gasteiger partial charge in [-0.05, 0) is 37.8 Å². The van der Waals surface area contributed by atoms with Gasteiger partial charge in [0, 0.05) is 36.5 Å². The highest BCUT2D eigenvalue weighted by Crippen LogP contribution is 2.42. The van der Waals surface area contributed by atoms with E-state index in [4.69, 9.17) is 21.4 Å². The molecule has 1 aromatic carbocycles. The van der Waals surface area contributed by atoms with Gasteiger partial charge in [0.1, 0.15) is 17.1 Å². The maximum Gasteiger partial charge on any atom is 0.415 e. The Morgan fingerprint density at radius 3 is 2.55 bits per heavy atom. The van der Waals surface area contributed by atoms with Crippen LogP contribution in [-0.2, 0) is 31.4 Å². The van der Waals surface area contributed by atoms with Crippen LogP contribution < -0.4 is 9.88 Å². The lowest BCUT2D eigenvalue weighted by atomic mass is 9.74. The van der Waals surface area contributed by atoms with Crippen molar-refractivity contribution in [3.8, 4) is 0 Å². The minimum atomic E-state index is -1.38. The maximum atomic E-state index is 13.2. The maximum absolute atomic E-state index is 13.2. The molecule has 38 heavy (non-hydrogen) atoms. The molecule has 3 N–H and O–H groups in total. The number of aliphatic carboxylic acids is 2. The Morgan fingerprint density at radius 1 is 1.16 bits per heavy atom. The van der Waals surface area contributed by atoms with Crippen LogP contribution in [0.5, 0.6) is 0 Å². The molecule has 1 aromatic heterocycles. The van der Waals surface area contributed by atoms with Gasteiger partial charge in [-0.15, -0.1) is 0 Å². The number of aromatic nitrogens is 1.